The number of carbonyl (C=O) groups is 3. The molecule has 0 atom stereocenters. The Kier molecular flexibility index (Phi) is 3.93. The van der Waals surface area contributed by atoms with Gasteiger partial charge < -0.3 is 0 Å². The molecule has 2 rings (SSSR count). The Labute approximate surface area is 99.5 Å². The third kappa shape index (κ3) is 2.30. The van der Waals surface area contributed by atoms with Crippen LogP contribution in [-0.2, 0) is 4.79 Å². The van der Waals surface area contributed by atoms with Crippen LogP contribution >= 0.6 is 0 Å². The molecule has 4 heteroatoms. The van der Waals surface area contributed by atoms with Crippen LogP contribution in [0.25, 0.3) is 0 Å². The highest BCUT2D eigenvalue weighted by molar-refractivity contribution is 6.22. The molecule has 1 aromatic carbocycles. The van der Waals surface area contributed by atoms with Gasteiger partial charge in [-0.3, -0.25) is 19.3 Å². The van der Waals surface area contributed by atoms with Crippen LogP contribution in [0.4, 0.5) is 0 Å². The highest BCUT2D eigenvalue weighted by Crippen LogP contribution is 2.21. The lowest BCUT2D eigenvalue weighted by Crippen LogP contribution is -2.33. The molecule has 0 aromatic heterocycles. The summed E-state index contributed by atoms with van der Waals surface area (Å²) in [6.45, 7) is 7.20. The van der Waals surface area contributed by atoms with Crippen LogP contribution in [0, 0.1) is 0 Å². The summed E-state index contributed by atoms with van der Waals surface area (Å²) in [4.78, 5) is 35.3. The summed E-state index contributed by atoms with van der Waals surface area (Å²) in [6.07, 6.45) is 0. The van der Waals surface area contributed by atoms with Gasteiger partial charge in [0.05, 0.1) is 17.7 Å². The molecule has 1 aromatic rings. The lowest BCUT2D eigenvalue weighted by molar-refractivity contribution is -0.117. The van der Waals surface area contributed by atoms with Crippen molar-refractivity contribution in [1.29, 1.82) is 0 Å². The van der Waals surface area contributed by atoms with Crippen LogP contribution in [0.2, 0.25) is 0 Å². The van der Waals surface area contributed by atoms with Crippen molar-refractivity contribution in [2.24, 2.45) is 0 Å². The zero-order valence-corrected chi connectivity index (χ0v) is 9.60. The second-order valence-corrected chi connectivity index (χ2v) is 3.44. The zero-order valence-electron chi connectivity index (χ0n) is 9.60. The van der Waals surface area contributed by atoms with Gasteiger partial charge in [0.25, 0.3) is 11.8 Å². The largest absolute Gasteiger partial charge is 0.298 e. The van der Waals surface area contributed by atoms with Crippen molar-refractivity contribution >= 4 is 17.6 Å². The number of hydrogen-bond donors (Lipinski definition) is 0. The maximum Gasteiger partial charge on any atom is 0.261 e. The van der Waals surface area contributed by atoms with Crippen molar-refractivity contribution in [2.45, 2.75) is 6.92 Å². The van der Waals surface area contributed by atoms with Gasteiger partial charge >= 0.3 is 0 Å². The zero-order chi connectivity index (χ0) is 13.0. The highest BCUT2D eigenvalue weighted by atomic mass is 16.2. The number of benzene rings is 1. The van der Waals surface area contributed by atoms with E-state index in [4.69, 9.17) is 0 Å². The van der Waals surface area contributed by atoms with Crippen molar-refractivity contribution in [3.8, 4) is 0 Å². The van der Waals surface area contributed by atoms with Gasteiger partial charge in [-0.15, -0.1) is 13.2 Å². The van der Waals surface area contributed by atoms with E-state index in [-0.39, 0.29) is 24.1 Å². The van der Waals surface area contributed by atoms with E-state index in [0.717, 1.165) is 4.90 Å². The van der Waals surface area contributed by atoms with Crippen LogP contribution < -0.4 is 0 Å². The molecule has 1 heterocycles. The molecule has 0 saturated heterocycles. The van der Waals surface area contributed by atoms with E-state index in [2.05, 4.69) is 13.2 Å². The number of hydrogen-bond acceptors (Lipinski definition) is 3. The molecule has 0 N–H and O–H groups in total. The molecule has 17 heavy (non-hydrogen) atoms. The molecule has 4 nitrogen and oxygen atoms in total. The van der Waals surface area contributed by atoms with Crippen LogP contribution in [-0.4, -0.2) is 29.0 Å². The lowest BCUT2D eigenvalue weighted by Gasteiger charge is -2.10. The molecule has 0 unspecified atom stereocenters. The number of ketones is 1. The number of nitrogens with zero attached hydrogens (tertiary/aromatic N) is 1. The van der Waals surface area contributed by atoms with E-state index in [1.165, 1.54) is 6.92 Å². The SMILES string of the molecule is C=C.CC(=O)CN1C(=O)c2ccccc2C1=O. The Balaban J connectivity index is 0.000000686. The van der Waals surface area contributed by atoms with E-state index in [1.807, 2.05) is 0 Å². The Morgan fingerprint density at radius 1 is 1.12 bits per heavy atom. The fraction of sp³-hybridized carbons (Fsp3) is 0.154. The summed E-state index contributed by atoms with van der Waals surface area (Å²) < 4.78 is 0. The Hall–Kier alpha value is -2.23. The minimum atomic E-state index is -0.384. The van der Waals surface area contributed by atoms with Crippen LogP contribution in [0.1, 0.15) is 27.6 Å². The number of rotatable bonds is 2. The molecule has 0 fully saturated rings. The summed E-state index contributed by atoms with van der Waals surface area (Å²) in [5.41, 5.74) is 0.757. The van der Waals surface area contributed by atoms with Gasteiger partial charge in [0.1, 0.15) is 5.78 Å². The number of imide groups is 1. The molecule has 0 radical (unpaired) electrons. The van der Waals surface area contributed by atoms with E-state index in [0.29, 0.717) is 11.1 Å². The van der Waals surface area contributed by atoms with E-state index < -0.39 is 0 Å². The lowest BCUT2D eigenvalue weighted by atomic mass is 10.1. The summed E-state index contributed by atoms with van der Waals surface area (Å²) in [6, 6.07) is 6.58. The summed E-state index contributed by atoms with van der Waals surface area (Å²) >= 11 is 0. The summed E-state index contributed by atoms with van der Waals surface area (Å²) in [7, 11) is 0. The predicted molar refractivity (Wildman–Crippen MR) is 63.7 cm³/mol. The Bertz CT molecular complexity index is 444. The first kappa shape index (κ1) is 12.8. The monoisotopic (exact) mass is 231 g/mol. The molecule has 2 amide bonds. The van der Waals surface area contributed by atoms with Crippen molar-refractivity contribution in [2.75, 3.05) is 6.54 Å². The average Bonchev–Trinajstić information content (AvgIpc) is 2.57. The summed E-state index contributed by atoms with van der Waals surface area (Å²) in [5.74, 6) is -0.971. The van der Waals surface area contributed by atoms with E-state index in [9.17, 15) is 14.4 Å². The third-order valence-corrected chi connectivity index (χ3v) is 2.26. The first-order chi connectivity index (χ1) is 8.11. The number of fused-ring (bicyclic) bond motifs is 1. The van der Waals surface area contributed by atoms with Gasteiger partial charge in [-0.2, -0.15) is 0 Å². The van der Waals surface area contributed by atoms with Crippen LogP contribution in [0.15, 0.2) is 37.4 Å². The topological polar surface area (TPSA) is 54.5 Å². The van der Waals surface area contributed by atoms with Crippen molar-refractivity contribution < 1.29 is 14.4 Å². The second-order valence-electron chi connectivity index (χ2n) is 3.44. The second kappa shape index (κ2) is 5.21. The summed E-state index contributed by atoms with van der Waals surface area (Å²) in [5, 5.41) is 0. The number of carbonyl (C=O) groups excluding carboxylic acids is 3. The minimum absolute atomic E-state index is 0.146. The maximum atomic E-state index is 11.7. The number of amides is 2. The molecular formula is C13H13NO3. The Morgan fingerprint density at radius 2 is 1.53 bits per heavy atom. The van der Waals surface area contributed by atoms with Crippen molar-refractivity contribution in [3.63, 3.8) is 0 Å². The molecule has 0 bridgehead atoms. The maximum absolute atomic E-state index is 11.7. The van der Waals surface area contributed by atoms with Gasteiger partial charge in [-0.25, -0.2) is 0 Å². The third-order valence-electron chi connectivity index (χ3n) is 2.26. The fourth-order valence-corrected chi connectivity index (χ4v) is 1.61. The molecule has 0 saturated carbocycles. The normalized spacial score (nSPS) is 12.9. The number of Topliss-reactive ketones (excluding diaryl/α,β-unsaturated/α-hetero) is 1. The smallest absolute Gasteiger partial charge is 0.261 e. The first-order valence-corrected chi connectivity index (χ1v) is 5.06. The van der Waals surface area contributed by atoms with Crippen molar-refractivity contribution in [3.05, 3.63) is 48.6 Å². The average molecular weight is 231 g/mol. The van der Waals surface area contributed by atoms with Crippen LogP contribution in [0.5, 0.6) is 0 Å². The standard InChI is InChI=1S/C11H9NO3.C2H4/c1-7(13)6-12-10(14)8-4-2-3-5-9(8)11(12)15;1-2/h2-5H,6H2,1H3;1-2H2. The molecular weight excluding hydrogens is 218 g/mol. The van der Waals surface area contributed by atoms with Crippen molar-refractivity contribution in [1.82, 2.24) is 4.90 Å². The van der Waals surface area contributed by atoms with E-state index in [1.54, 1.807) is 24.3 Å². The molecule has 0 aliphatic carbocycles. The van der Waals surface area contributed by atoms with Crippen LogP contribution in [0.3, 0.4) is 0 Å². The first-order valence-electron chi connectivity index (χ1n) is 5.06. The molecule has 1 aliphatic heterocycles. The molecule has 0 spiro atoms. The quantitative estimate of drug-likeness (QED) is 0.574. The van der Waals surface area contributed by atoms with Gasteiger partial charge in [-0.1, -0.05) is 12.1 Å². The fourth-order valence-electron chi connectivity index (χ4n) is 1.61. The minimum Gasteiger partial charge on any atom is -0.298 e. The van der Waals surface area contributed by atoms with E-state index >= 15 is 0 Å². The van der Waals surface area contributed by atoms with Gasteiger partial charge in [0, 0.05) is 0 Å². The van der Waals surface area contributed by atoms with Gasteiger partial charge in [-0.05, 0) is 19.1 Å². The molecule has 1 aliphatic rings. The highest BCUT2D eigenvalue weighted by Gasteiger charge is 2.35. The van der Waals surface area contributed by atoms with Gasteiger partial charge in [0.2, 0.25) is 0 Å². The molecule has 88 valence electrons. The Morgan fingerprint density at radius 3 is 1.88 bits per heavy atom. The predicted octanol–water partition coefficient (Wildman–Crippen LogP) is 1.67. The van der Waals surface area contributed by atoms with Gasteiger partial charge in [0.15, 0.2) is 0 Å².